The molecule has 38 heavy (non-hydrogen) atoms. The number of carbonyl (C=O) groups is 1. The predicted octanol–water partition coefficient (Wildman–Crippen LogP) is 4.97. The van der Waals surface area contributed by atoms with Crippen LogP contribution in [0.25, 0.3) is 0 Å². The Labute approximate surface area is 227 Å². The Bertz CT molecular complexity index is 1030. The number of carbonyl (C=O) groups excluding carboxylic acids is 1. The molecule has 208 valence electrons. The van der Waals surface area contributed by atoms with E-state index in [1.807, 2.05) is 41.3 Å². The lowest BCUT2D eigenvalue weighted by molar-refractivity contribution is -0.130. The van der Waals surface area contributed by atoms with Gasteiger partial charge in [0.25, 0.3) is 0 Å². The standard InChI is InChI=1S/C31H44N2O5/c1-25-9-12-27(13-10-25)38-24-31(35)15-6-17-32(20-16-31)23-26-11-14-28(29(22-26)36-2)37-21-7-19-33-18-5-3-4-8-30(33)34/h9-14,22,35H,3-8,15-21,23-24H2,1-2H3/t31-/m0/s1. The molecule has 4 rings (SSSR count). The normalized spacial score (nSPS) is 21.0. The first-order valence-electron chi connectivity index (χ1n) is 14.2. The molecule has 7 heteroatoms. The molecule has 2 aliphatic rings. The van der Waals surface area contributed by atoms with Crippen molar-refractivity contribution in [3.63, 3.8) is 0 Å². The fraction of sp³-hybridized carbons (Fsp3) is 0.581. The molecule has 1 amide bonds. The van der Waals surface area contributed by atoms with E-state index in [0.29, 0.717) is 26.1 Å². The number of hydrogen-bond acceptors (Lipinski definition) is 6. The zero-order valence-electron chi connectivity index (χ0n) is 23.1. The summed E-state index contributed by atoms with van der Waals surface area (Å²) >= 11 is 0. The van der Waals surface area contributed by atoms with E-state index < -0.39 is 5.60 Å². The van der Waals surface area contributed by atoms with Crippen molar-refractivity contribution in [2.24, 2.45) is 0 Å². The number of rotatable bonds is 11. The average Bonchev–Trinajstić information content (AvgIpc) is 3.24. The SMILES string of the molecule is COc1cc(CN2CCC[C@@](O)(COc3ccc(C)cc3)CC2)ccc1OCCCN1CCCCCC1=O. The van der Waals surface area contributed by atoms with Crippen molar-refractivity contribution < 1.29 is 24.1 Å². The summed E-state index contributed by atoms with van der Waals surface area (Å²) in [5.41, 5.74) is 1.54. The lowest BCUT2D eigenvalue weighted by atomic mass is 9.96. The van der Waals surface area contributed by atoms with E-state index in [1.54, 1.807) is 7.11 Å². The lowest BCUT2D eigenvalue weighted by Gasteiger charge is -2.27. The fourth-order valence-electron chi connectivity index (χ4n) is 5.29. The van der Waals surface area contributed by atoms with E-state index >= 15 is 0 Å². The van der Waals surface area contributed by atoms with Gasteiger partial charge in [-0.1, -0.05) is 30.2 Å². The van der Waals surface area contributed by atoms with Gasteiger partial charge in [-0.05, 0) is 81.8 Å². The largest absolute Gasteiger partial charge is 0.493 e. The predicted molar refractivity (Wildman–Crippen MR) is 149 cm³/mol. The van der Waals surface area contributed by atoms with Crippen LogP contribution in [0.15, 0.2) is 42.5 Å². The molecule has 2 saturated heterocycles. The van der Waals surface area contributed by atoms with Gasteiger partial charge in [-0.2, -0.15) is 0 Å². The van der Waals surface area contributed by atoms with Gasteiger partial charge in [-0.15, -0.1) is 0 Å². The Morgan fingerprint density at radius 3 is 2.58 bits per heavy atom. The molecular weight excluding hydrogens is 480 g/mol. The second-order valence-electron chi connectivity index (χ2n) is 10.8. The topological polar surface area (TPSA) is 71.5 Å². The van der Waals surface area contributed by atoms with Crippen LogP contribution in [0.5, 0.6) is 17.2 Å². The first kappa shape index (κ1) is 28.2. The minimum atomic E-state index is -0.813. The van der Waals surface area contributed by atoms with Crippen molar-refractivity contribution in [3.05, 3.63) is 53.6 Å². The minimum absolute atomic E-state index is 0.273. The number of aliphatic hydroxyl groups is 1. The average molecular weight is 525 g/mol. The Morgan fingerprint density at radius 1 is 0.921 bits per heavy atom. The van der Waals surface area contributed by atoms with E-state index in [9.17, 15) is 9.90 Å². The van der Waals surface area contributed by atoms with Gasteiger partial charge in [0.15, 0.2) is 11.5 Å². The van der Waals surface area contributed by atoms with Crippen LogP contribution in [0.4, 0.5) is 0 Å². The first-order valence-corrected chi connectivity index (χ1v) is 14.2. The maximum absolute atomic E-state index is 12.2. The summed E-state index contributed by atoms with van der Waals surface area (Å²) in [7, 11) is 1.67. The molecule has 0 bridgehead atoms. The zero-order chi connectivity index (χ0) is 26.8. The third-order valence-corrected chi connectivity index (χ3v) is 7.67. The van der Waals surface area contributed by atoms with Crippen LogP contribution in [0.2, 0.25) is 0 Å². The molecule has 2 aromatic carbocycles. The van der Waals surface area contributed by atoms with Crippen LogP contribution in [-0.4, -0.2) is 72.9 Å². The number of aryl methyl sites for hydroxylation is 1. The maximum atomic E-state index is 12.2. The Kier molecular flexibility index (Phi) is 10.3. The highest BCUT2D eigenvalue weighted by Gasteiger charge is 2.31. The smallest absolute Gasteiger partial charge is 0.222 e. The van der Waals surface area contributed by atoms with Crippen LogP contribution in [0, 0.1) is 6.92 Å². The number of nitrogens with zero attached hydrogens (tertiary/aromatic N) is 2. The van der Waals surface area contributed by atoms with Gasteiger partial charge in [-0.25, -0.2) is 0 Å². The van der Waals surface area contributed by atoms with Gasteiger partial charge >= 0.3 is 0 Å². The molecule has 1 N–H and O–H groups in total. The minimum Gasteiger partial charge on any atom is -0.493 e. The van der Waals surface area contributed by atoms with Gasteiger partial charge in [0.05, 0.1) is 19.3 Å². The summed E-state index contributed by atoms with van der Waals surface area (Å²) in [4.78, 5) is 16.5. The zero-order valence-corrected chi connectivity index (χ0v) is 23.1. The van der Waals surface area contributed by atoms with E-state index in [1.165, 1.54) is 5.56 Å². The third kappa shape index (κ3) is 8.37. The van der Waals surface area contributed by atoms with E-state index in [-0.39, 0.29) is 5.91 Å². The molecule has 0 aromatic heterocycles. The van der Waals surface area contributed by atoms with Crippen molar-refractivity contribution in [3.8, 4) is 17.2 Å². The van der Waals surface area contributed by atoms with Gasteiger partial charge in [0.2, 0.25) is 5.91 Å². The molecule has 7 nitrogen and oxygen atoms in total. The molecule has 2 fully saturated rings. The van der Waals surface area contributed by atoms with Crippen LogP contribution >= 0.6 is 0 Å². The van der Waals surface area contributed by atoms with Crippen molar-refractivity contribution in [2.45, 2.75) is 70.4 Å². The van der Waals surface area contributed by atoms with Gasteiger partial charge in [0, 0.05) is 32.6 Å². The second-order valence-corrected chi connectivity index (χ2v) is 10.8. The fourth-order valence-corrected chi connectivity index (χ4v) is 5.29. The van der Waals surface area contributed by atoms with Crippen LogP contribution in [0.1, 0.15) is 62.5 Å². The summed E-state index contributed by atoms with van der Waals surface area (Å²) in [5, 5.41) is 11.2. The Balaban J connectivity index is 1.24. The summed E-state index contributed by atoms with van der Waals surface area (Å²) in [6, 6.07) is 14.1. The molecule has 1 atom stereocenters. The van der Waals surface area contributed by atoms with Gasteiger partial charge in [-0.3, -0.25) is 9.69 Å². The van der Waals surface area contributed by atoms with Gasteiger partial charge in [0.1, 0.15) is 12.4 Å². The third-order valence-electron chi connectivity index (χ3n) is 7.67. The van der Waals surface area contributed by atoms with Gasteiger partial charge < -0.3 is 24.2 Å². The molecular formula is C31H44N2O5. The molecule has 0 unspecified atom stereocenters. The highest BCUT2D eigenvalue weighted by Crippen LogP contribution is 2.30. The number of likely N-dealkylation sites (tertiary alicyclic amines) is 2. The van der Waals surface area contributed by atoms with E-state index in [4.69, 9.17) is 14.2 Å². The quantitative estimate of drug-likeness (QED) is 0.419. The Hall–Kier alpha value is -2.77. The molecule has 2 aliphatic heterocycles. The summed E-state index contributed by atoms with van der Waals surface area (Å²) in [6.45, 7) is 7.07. The number of methoxy groups -OCH3 is 1. The Morgan fingerprint density at radius 2 is 1.76 bits per heavy atom. The van der Waals surface area contributed by atoms with Crippen LogP contribution < -0.4 is 14.2 Å². The molecule has 2 heterocycles. The van der Waals surface area contributed by atoms with Crippen LogP contribution in [0.3, 0.4) is 0 Å². The van der Waals surface area contributed by atoms with E-state index in [0.717, 1.165) is 94.1 Å². The lowest BCUT2D eigenvalue weighted by Crippen LogP contribution is -2.37. The maximum Gasteiger partial charge on any atom is 0.222 e. The van der Waals surface area contributed by atoms with Crippen molar-refractivity contribution in [1.82, 2.24) is 9.80 Å². The van der Waals surface area contributed by atoms with Crippen LogP contribution in [-0.2, 0) is 11.3 Å². The van der Waals surface area contributed by atoms with Crippen molar-refractivity contribution >= 4 is 5.91 Å². The second kappa shape index (κ2) is 13.9. The molecule has 2 aromatic rings. The first-order chi connectivity index (χ1) is 18.4. The van der Waals surface area contributed by atoms with Crippen molar-refractivity contribution in [2.75, 3.05) is 46.5 Å². The number of hydrogen-bond donors (Lipinski definition) is 1. The number of benzene rings is 2. The molecule has 0 radical (unpaired) electrons. The molecule has 0 aliphatic carbocycles. The van der Waals surface area contributed by atoms with Crippen molar-refractivity contribution in [1.29, 1.82) is 0 Å². The highest BCUT2D eigenvalue weighted by atomic mass is 16.5. The summed E-state index contributed by atoms with van der Waals surface area (Å²) in [6.07, 6.45) is 7.06. The number of amides is 1. The van der Waals surface area contributed by atoms with E-state index in [2.05, 4.69) is 17.9 Å². The monoisotopic (exact) mass is 524 g/mol. The molecule has 0 saturated carbocycles. The highest BCUT2D eigenvalue weighted by molar-refractivity contribution is 5.76. The summed E-state index contributed by atoms with van der Waals surface area (Å²) < 4.78 is 17.6. The molecule has 0 spiro atoms. The summed E-state index contributed by atoms with van der Waals surface area (Å²) in [5.74, 6) is 2.54. The number of ether oxygens (including phenoxy) is 3.